The first-order valence-electron chi connectivity index (χ1n) is 14.8. The molecule has 0 amide bonds. The molecule has 0 saturated heterocycles. The molecule has 1 aliphatic heterocycles. The van der Waals surface area contributed by atoms with E-state index in [0.717, 1.165) is 16.7 Å². The maximum Gasteiger partial charge on any atom is 0.338 e. The van der Waals surface area contributed by atoms with Crippen LogP contribution in [0.15, 0.2) is 118 Å². The lowest BCUT2D eigenvalue weighted by Crippen LogP contribution is -2.40. The summed E-state index contributed by atoms with van der Waals surface area (Å²) < 4.78 is 19.2. The maximum atomic E-state index is 14.3. The molecule has 0 unspecified atom stereocenters. The number of nitro benzene ring substituents is 1. The average Bonchev–Trinajstić information content (AvgIpc) is 3.41. The fraction of sp³-hybridized carbons (Fsp3) is 0.139. The molecule has 0 radical (unpaired) electrons. The average molecular weight is 648 g/mol. The number of benzene rings is 4. The van der Waals surface area contributed by atoms with Crippen molar-refractivity contribution >= 4 is 34.8 Å². The first kappa shape index (κ1) is 31.2. The highest BCUT2D eigenvalue weighted by Gasteiger charge is 2.35. The van der Waals surface area contributed by atoms with Gasteiger partial charge in [0.2, 0.25) is 0 Å². The van der Waals surface area contributed by atoms with Gasteiger partial charge in [-0.25, -0.2) is 9.79 Å². The van der Waals surface area contributed by atoms with E-state index in [2.05, 4.69) is 0 Å². The maximum absolute atomic E-state index is 14.3. The second-order valence-electron chi connectivity index (χ2n) is 10.4. The largest absolute Gasteiger partial charge is 0.493 e. The molecule has 2 heterocycles. The van der Waals surface area contributed by atoms with E-state index in [0.29, 0.717) is 32.1 Å². The third-order valence-electron chi connectivity index (χ3n) is 7.54. The summed E-state index contributed by atoms with van der Waals surface area (Å²) in [5.41, 5.74) is 3.13. The van der Waals surface area contributed by atoms with Crippen LogP contribution >= 0.6 is 11.3 Å². The number of rotatable bonds is 10. The Balaban J connectivity index is 1.50. The molecule has 0 aliphatic carbocycles. The minimum atomic E-state index is -0.785. The number of aromatic nitrogens is 1. The highest BCUT2D eigenvalue weighted by atomic mass is 32.1. The number of hydrogen-bond donors (Lipinski definition) is 0. The van der Waals surface area contributed by atoms with Gasteiger partial charge >= 0.3 is 5.97 Å². The molecule has 236 valence electrons. The van der Waals surface area contributed by atoms with Crippen LogP contribution in [0.3, 0.4) is 0 Å². The van der Waals surface area contributed by atoms with Gasteiger partial charge in [0.25, 0.3) is 11.2 Å². The van der Waals surface area contributed by atoms with Gasteiger partial charge in [-0.05, 0) is 42.3 Å². The minimum absolute atomic E-state index is 0.0163. The van der Waals surface area contributed by atoms with Crippen molar-refractivity contribution in [3.8, 4) is 11.5 Å². The Kier molecular flexibility index (Phi) is 9.07. The van der Waals surface area contributed by atoms with Crippen molar-refractivity contribution in [3.63, 3.8) is 0 Å². The van der Waals surface area contributed by atoms with Crippen molar-refractivity contribution in [1.82, 2.24) is 4.57 Å². The Morgan fingerprint density at radius 2 is 1.68 bits per heavy atom. The lowest BCUT2D eigenvalue weighted by Gasteiger charge is -2.25. The van der Waals surface area contributed by atoms with Gasteiger partial charge in [0.05, 0.1) is 40.5 Å². The Bertz CT molecular complexity index is 2160. The topological polar surface area (TPSA) is 122 Å². The van der Waals surface area contributed by atoms with E-state index in [-0.39, 0.29) is 30.0 Å². The van der Waals surface area contributed by atoms with Crippen LogP contribution in [-0.2, 0) is 16.1 Å². The predicted molar refractivity (Wildman–Crippen MR) is 178 cm³/mol. The number of carbonyl (C=O) groups excluding carboxylic acids is 1. The summed E-state index contributed by atoms with van der Waals surface area (Å²) >= 11 is 1.20. The second kappa shape index (κ2) is 13.7. The number of ether oxygens (including phenoxy) is 3. The number of nitro groups is 1. The molecule has 11 heteroatoms. The van der Waals surface area contributed by atoms with Crippen LogP contribution in [0.1, 0.15) is 35.2 Å². The zero-order chi connectivity index (χ0) is 32.9. The summed E-state index contributed by atoms with van der Waals surface area (Å²) in [4.78, 5) is 43.8. The zero-order valence-corrected chi connectivity index (χ0v) is 26.3. The van der Waals surface area contributed by atoms with Gasteiger partial charge in [0.15, 0.2) is 16.3 Å². The minimum Gasteiger partial charge on any atom is -0.493 e. The summed E-state index contributed by atoms with van der Waals surface area (Å²) in [6.07, 6.45) is 1.72. The lowest BCUT2D eigenvalue weighted by atomic mass is 9.93. The molecule has 0 bridgehead atoms. The van der Waals surface area contributed by atoms with E-state index < -0.39 is 16.9 Å². The fourth-order valence-electron chi connectivity index (χ4n) is 5.36. The van der Waals surface area contributed by atoms with Crippen LogP contribution in [0.5, 0.6) is 11.5 Å². The number of fused-ring (bicyclic) bond motifs is 1. The summed E-state index contributed by atoms with van der Waals surface area (Å²) in [6, 6.07) is 29.4. The standard InChI is InChI=1S/C36H29N3O7S/c1-3-45-35(41)30-31(24-11-6-4-7-12-24)37-36-38(32(30)25-13-8-5-9-14-25)34(40)29(47-36)21-26-15-10-16-28(44-2)33(26)46-22-23-17-19-27(20-18-23)39(42)43/h4-21,32H,3,22H2,1-2H3/b29-21-/t32-/m1/s1. The van der Waals surface area contributed by atoms with Crippen LogP contribution in [0.2, 0.25) is 0 Å². The van der Waals surface area contributed by atoms with Gasteiger partial charge < -0.3 is 14.2 Å². The summed E-state index contributed by atoms with van der Waals surface area (Å²) in [5.74, 6) is 0.301. The summed E-state index contributed by atoms with van der Waals surface area (Å²) in [6.45, 7) is 2.01. The van der Waals surface area contributed by atoms with Crippen molar-refractivity contribution in [2.24, 2.45) is 4.99 Å². The normalized spacial score (nSPS) is 14.3. The SMILES string of the molecule is CCOC(=O)C1=C(c2ccccc2)N=c2s/c(=C\c3cccc(OC)c3OCc3ccc([N+](=O)[O-])cc3)c(=O)n2[C@@H]1c1ccccc1. The van der Waals surface area contributed by atoms with Gasteiger partial charge in [-0.3, -0.25) is 19.5 Å². The predicted octanol–water partition coefficient (Wildman–Crippen LogP) is 5.43. The third-order valence-corrected chi connectivity index (χ3v) is 8.52. The lowest BCUT2D eigenvalue weighted by molar-refractivity contribution is -0.384. The van der Waals surface area contributed by atoms with Gasteiger partial charge in [-0.2, -0.15) is 0 Å². The van der Waals surface area contributed by atoms with Crippen molar-refractivity contribution in [1.29, 1.82) is 0 Å². The second-order valence-corrected chi connectivity index (χ2v) is 11.4. The molecule has 5 aromatic rings. The molecule has 0 saturated carbocycles. The number of non-ortho nitro benzene ring substituents is 1. The summed E-state index contributed by atoms with van der Waals surface area (Å²) in [5, 5.41) is 11.1. The van der Waals surface area contributed by atoms with E-state index in [4.69, 9.17) is 19.2 Å². The first-order valence-corrected chi connectivity index (χ1v) is 15.6. The Hall–Kier alpha value is -5.81. The number of para-hydroxylation sites is 1. The van der Waals surface area contributed by atoms with Crippen molar-refractivity contribution in [2.75, 3.05) is 13.7 Å². The zero-order valence-electron chi connectivity index (χ0n) is 25.5. The number of nitrogens with zero attached hydrogens (tertiary/aromatic N) is 3. The van der Waals surface area contributed by atoms with E-state index in [1.54, 1.807) is 47.9 Å². The van der Waals surface area contributed by atoms with Gasteiger partial charge in [0.1, 0.15) is 6.61 Å². The number of hydrogen-bond acceptors (Lipinski definition) is 9. The van der Waals surface area contributed by atoms with Gasteiger partial charge in [0, 0.05) is 23.3 Å². The highest BCUT2D eigenvalue weighted by Crippen LogP contribution is 2.36. The number of thiazole rings is 1. The van der Waals surface area contributed by atoms with Gasteiger partial charge in [-0.1, -0.05) is 84.1 Å². The molecule has 1 atom stereocenters. The van der Waals surface area contributed by atoms with Gasteiger partial charge in [-0.15, -0.1) is 0 Å². The molecule has 1 aliphatic rings. The molecule has 0 N–H and O–H groups in total. The smallest absolute Gasteiger partial charge is 0.338 e. The molecule has 47 heavy (non-hydrogen) atoms. The third kappa shape index (κ3) is 6.34. The highest BCUT2D eigenvalue weighted by molar-refractivity contribution is 7.07. The molecular formula is C36H29N3O7S. The van der Waals surface area contributed by atoms with E-state index >= 15 is 0 Å². The monoisotopic (exact) mass is 647 g/mol. The molecule has 6 rings (SSSR count). The van der Waals surface area contributed by atoms with Crippen molar-refractivity contribution in [3.05, 3.63) is 161 Å². The van der Waals surface area contributed by atoms with E-state index in [1.165, 1.54) is 30.6 Å². The number of esters is 1. The van der Waals surface area contributed by atoms with Crippen molar-refractivity contribution in [2.45, 2.75) is 19.6 Å². The first-order chi connectivity index (χ1) is 22.9. The molecular weight excluding hydrogens is 618 g/mol. The number of methoxy groups -OCH3 is 1. The van der Waals surface area contributed by atoms with E-state index in [9.17, 15) is 19.7 Å². The van der Waals surface area contributed by atoms with Crippen LogP contribution in [0.4, 0.5) is 5.69 Å². The summed E-state index contributed by atoms with van der Waals surface area (Å²) in [7, 11) is 1.52. The quantitative estimate of drug-likeness (QED) is 0.113. The van der Waals surface area contributed by atoms with Crippen LogP contribution in [0, 0.1) is 10.1 Å². The molecule has 4 aromatic carbocycles. The molecule has 1 aromatic heterocycles. The number of carbonyl (C=O) groups is 1. The van der Waals surface area contributed by atoms with Crippen LogP contribution in [-0.4, -0.2) is 29.2 Å². The van der Waals surface area contributed by atoms with E-state index in [1.807, 2.05) is 60.7 Å². The molecule has 0 fully saturated rings. The Morgan fingerprint density at radius 1 is 0.979 bits per heavy atom. The van der Waals surface area contributed by atoms with Crippen LogP contribution in [0.25, 0.3) is 11.8 Å². The Morgan fingerprint density at radius 3 is 2.34 bits per heavy atom. The molecule has 10 nitrogen and oxygen atoms in total. The fourth-order valence-corrected chi connectivity index (χ4v) is 6.36. The van der Waals surface area contributed by atoms with Crippen molar-refractivity contribution < 1.29 is 23.9 Å². The Labute approximate surface area is 273 Å². The molecule has 0 spiro atoms. The van der Waals surface area contributed by atoms with Crippen LogP contribution < -0.4 is 24.4 Å².